The second-order valence-electron chi connectivity index (χ2n) is 1.94. The van der Waals surface area contributed by atoms with Gasteiger partial charge in [0.25, 0.3) is 0 Å². The maximum Gasteiger partial charge on any atom is 0.164 e. The molecular weight excluding hydrogens is 282 g/mol. The van der Waals surface area contributed by atoms with Crippen molar-refractivity contribution in [2.75, 3.05) is 0 Å². The first-order chi connectivity index (χ1) is 5.13. The van der Waals surface area contributed by atoms with E-state index in [0.717, 1.165) is 6.07 Å². The number of hydrogen-bond acceptors (Lipinski definition) is 0. The molecule has 0 unspecified atom stereocenters. The highest BCUT2D eigenvalue weighted by atomic mass is 79.9. The molecule has 0 nitrogen and oxygen atoms in total. The van der Waals surface area contributed by atoms with Crippen LogP contribution in [0.2, 0.25) is 0 Å². The first kappa shape index (κ1) is 9.13. The quantitative estimate of drug-likeness (QED) is 0.690. The molecule has 0 amide bonds. The molecule has 4 heteroatoms. The van der Waals surface area contributed by atoms with Crippen molar-refractivity contribution in [3.8, 4) is 0 Å². The first-order valence-corrected chi connectivity index (χ1v) is 4.68. The normalized spacial score (nSPS) is 10.6. The van der Waals surface area contributed by atoms with Crippen LogP contribution in [0.15, 0.2) is 18.2 Å². The maximum atomic E-state index is 12.8. The smallest absolute Gasteiger partial charge is 0.164 e. The van der Waals surface area contributed by atoms with Crippen molar-refractivity contribution in [2.45, 2.75) is 3.74 Å². The lowest BCUT2D eigenvalue weighted by Gasteiger charge is -2.02. The molecule has 0 aliphatic heterocycles. The largest absolute Gasteiger partial charge is 0.204 e. The lowest BCUT2D eigenvalue weighted by atomic mass is 10.2. The summed E-state index contributed by atoms with van der Waals surface area (Å²) in [6.07, 6.45) is 0. The van der Waals surface area contributed by atoms with Gasteiger partial charge in [-0.3, -0.25) is 0 Å². The number of alkyl halides is 2. The summed E-state index contributed by atoms with van der Waals surface area (Å²) in [5.74, 6) is -1.64. The van der Waals surface area contributed by atoms with E-state index in [4.69, 9.17) is 0 Å². The lowest BCUT2D eigenvalue weighted by molar-refractivity contribution is 0.502. The van der Waals surface area contributed by atoms with E-state index in [2.05, 4.69) is 31.9 Å². The van der Waals surface area contributed by atoms with Gasteiger partial charge in [0.2, 0.25) is 0 Å². The second-order valence-corrected chi connectivity index (χ2v) is 5.00. The van der Waals surface area contributed by atoms with E-state index in [-0.39, 0.29) is 9.30 Å². The van der Waals surface area contributed by atoms with Gasteiger partial charge in [-0.05, 0) is 6.07 Å². The minimum atomic E-state index is -0.827. The van der Waals surface area contributed by atoms with E-state index < -0.39 is 11.6 Å². The van der Waals surface area contributed by atoms with Crippen molar-refractivity contribution in [1.82, 2.24) is 0 Å². The van der Waals surface area contributed by atoms with E-state index in [1.807, 2.05) is 0 Å². The molecule has 0 spiro atoms. The molecule has 0 bridgehead atoms. The highest BCUT2D eigenvalue weighted by Gasteiger charge is 2.11. The van der Waals surface area contributed by atoms with Crippen LogP contribution < -0.4 is 0 Å². The molecular formula is C7H4Br2F2. The highest BCUT2D eigenvalue weighted by Crippen LogP contribution is 2.31. The Morgan fingerprint density at radius 3 is 2.27 bits per heavy atom. The molecule has 0 aliphatic rings. The van der Waals surface area contributed by atoms with Gasteiger partial charge in [-0.1, -0.05) is 44.0 Å². The average Bonchev–Trinajstić information content (AvgIpc) is 1.94. The molecule has 0 heterocycles. The Kier molecular flexibility index (Phi) is 3.01. The predicted molar refractivity (Wildman–Crippen MR) is 47.0 cm³/mol. The number of hydrogen-bond donors (Lipinski definition) is 0. The molecule has 60 valence electrons. The van der Waals surface area contributed by atoms with Crippen molar-refractivity contribution in [1.29, 1.82) is 0 Å². The fourth-order valence-corrected chi connectivity index (χ4v) is 1.40. The molecule has 0 aliphatic carbocycles. The molecule has 0 N–H and O–H groups in total. The molecule has 0 saturated heterocycles. The Morgan fingerprint density at radius 1 is 1.18 bits per heavy atom. The molecule has 0 atom stereocenters. The molecule has 1 aromatic carbocycles. The lowest BCUT2D eigenvalue weighted by Crippen LogP contribution is -1.91. The van der Waals surface area contributed by atoms with Crippen molar-refractivity contribution < 1.29 is 8.78 Å². The van der Waals surface area contributed by atoms with Crippen molar-refractivity contribution in [3.05, 3.63) is 35.4 Å². The van der Waals surface area contributed by atoms with E-state index in [1.165, 1.54) is 12.1 Å². The van der Waals surface area contributed by atoms with E-state index in [0.29, 0.717) is 0 Å². The number of benzene rings is 1. The van der Waals surface area contributed by atoms with Crippen molar-refractivity contribution in [3.63, 3.8) is 0 Å². The summed E-state index contributed by atoms with van der Waals surface area (Å²) >= 11 is 6.15. The van der Waals surface area contributed by atoms with Crippen molar-refractivity contribution >= 4 is 31.9 Å². The van der Waals surface area contributed by atoms with Crippen LogP contribution in [-0.4, -0.2) is 0 Å². The standard InChI is InChI=1S/C7H4Br2F2/c8-7(9)4-2-1-3-5(10)6(4)11/h1-3,7H. The summed E-state index contributed by atoms with van der Waals surface area (Å²) in [6, 6.07) is 4.05. The molecule has 0 radical (unpaired) electrons. The fraction of sp³-hybridized carbons (Fsp3) is 0.143. The summed E-state index contributed by atoms with van der Waals surface area (Å²) in [6.45, 7) is 0. The highest BCUT2D eigenvalue weighted by molar-refractivity contribution is 9.24. The zero-order valence-electron chi connectivity index (χ0n) is 5.32. The van der Waals surface area contributed by atoms with Crippen LogP contribution >= 0.6 is 31.9 Å². The second kappa shape index (κ2) is 3.63. The summed E-state index contributed by atoms with van der Waals surface area (Å²) in [5.41, 5.74) is 0.269. The van der Waals surface area contributed by atoms with Crippen molar-refractivity contribution in [2.24, 2.45) is 0 Å². The van der Waals surface area contributed by atoms with Gasteiger partial charge in [-0.15, -0.1) is 0 Å². The number of halogens is 4. The first-order valence-electron chi connectivity index (χ1n) is 2.85. The van der Waals surface area contributed by atoms with Gasteiger partial charge in [0.1, 0.15) is 0 Å². The third-order valence-electron chi connectivity index (χ3n) is 1.22. The zero-order valence-corrected chi connectivity index (χ0v) is 8.49. The molecule has 0 fully saturated rings. The molecule has 0 saturated carbocycles. The van der Waals surface area contributed by atoms with Crippen LogP contribution in [0, 0.1) is 11.6 Å². The third-order valence-corrected chi connectivity index (χ3v) is 2.20. The number of rotatable bonds is 1. The van der Waals surface area contributed by atoms with Gasteiger partial charge < -0.3 is 0 Å². The Hall–Kier alpha value is 0.0400. The van der Waals surface area contributed by atoms with Crippen LogP contribution in [-0.2, 0) is 0 Å². The van der Waals surface area contributed by atoms with Gasteiger partial charge in [-0.25, -0.2) is 8.78 Å². The van der Waals surface area contributed by atoms with E-state index in [1.54, 1.807) is 0 Å². The van der Waals surface area contributed by atoms with Gasteiger partial charge >= 0.3 is 0 Å². The zero-order chi connectivity index (χ0) is 8.43. The SMILES string of the molecule is Fc1cccc(C(Br)Br)c1F. The Balaban J connectivity index is 3.17. The topological polar surface area (TPSA) is 0 Å². The average molecular weight is 286 g/mol. The Bertz CT molecular complexity index is 261. The van der Waals surface area contributed by atoms with E-state index >= 15 is 0 Å². The van der Waals surface area contributed by atoms with E-state index in [9.17, 15) is 8.78 Å². The summed E-state index contributed by atoms with van der Waals surface area (Å²) in [5, 5.41) is 0. The summed E-state index contributed by atoms with van der Waals surface area (Å²) in [7, 11) is 0. The van der Waals surface area contributed by atoms with Crippen LogP contribution in [0.3, 0.4) is 0 Å². The maximum absolute atomic E-state index is 12.8. The third kappa shape index (κ3) is 1.99. The van der Waals surface area contributed by atoms with Crippen LogP contribution in [0.5, 0.6) is 0 Å². The minimum absolute atomic E-state index is 0.269. The van der Waals surface area contributed by atoms with Gasteiger partial charge in [-0.2, -0.15) is 0 Å². The monoisotopic (exact) mass is 284 g/mol. The molecule has 0 aromatic heterocycles. The van der Waals surface area contributed by atoms with Crippen LogP contribution in [0.1, 0.15) is 9.30 Å². The molecule has 1 aromatic rings. The van der Waals surface area contributed by atoms with Gasteiger partial charge in [0, 0.05) is 5.56 Å². The minimum Gasteiger partial charge on any atom is -0.204 e. The van der Waals surface area contributed by atoms with Gasteiger partial charge in [0.05, 0.1) is 3.74 Å². The summed E-state index contributed by atoms with van der Waals surface area (Å²) < 4.78 is 25.0. The Morgan fingerprint density at radius 2 is 1.82 bits per heavy atom. The molecule has 11 heavy (non-hydrogen) atoms. The fourth-order valence-electron chi connectivity index (χ4n) is 0.689. The predicted octanol–water partition coefficient (Wildman–Crippen LogP) is 3.75. The van der Waals surface area contributed by atoms with Crippen LogP contribution in [0.4, 0.5) is 8.78 Å². The molecule has 1 rings (SSSR count). The van der Waals surface area contributed by atoms with Crippen LogP contribution in [0.25, 0.3) is 0 Å². The van der Waals surface area contributed by atoms with Gasteiger partial charge in [0.15, 0.2) is 11.6 Å². The Labute approximate surface area is 79.9 Å². The summed E-state index contributed by atoms with van der Waals surface area (Å²) in [4.78, 5) is 0.